The number of carbonyl (C=O) groups excluding carboxylic acids is 1. The van der Waals surface area contributed by atoms with E-state index in [1.165, 1.54) is 16.4 Å². The number of sulfonamides is 1. The standard InChI is InChI=1S/C32H32N8O3S/c1-21-18-35-32-37-27-13-24(19-34-20-27)5-6-25-16-26(36-31(21)39-32)7-8-29(25)38-30(41)15-22-9-11-40(12-10-22)44(42,43)28-4-2-3-23(14-28)17-33/h2-4,7-8,13-14,16,18-20,22H,5-6,9-12,15H2,1H3,(H,38,41)(H2,35,36,37,39). The van der Waals surface area contributed by atoms with Gasteiger partial charge in [-0.3, -0.25) is 9.78 Å². The molecule has 6 bridgehead atoms. The summed E-state index contributed by atoms with van der Waals surface area (Å²) in [6.45, 7) is 2.59. The summed E-state index contributed by atoms with van der Waals surface area (Å²) in [5, 5.41) is 18.9. The summed E-state index contributed by atoms with van der Waals surface area (Å²) in [5.74, 6) is 1.11. The smallest absolute Gasteiger partial charge is 0.243 e. The third-order valence-corrected chi connectivity index (χ3v) is 9.89. The van der Waals surface area contributed by atoms with Crippen LogP contribution in [-0.4, -0.2) is 46.7 Å². The molecule has 6 rings (SSSR count). The van der Waals surface area contributed by atoms with Gasteiger partial charge in [0.2, 0.25) is 21.9 Å². The minimum Gasteiger partial charge on any atom is -0.340 e. The van der Waals surface area contributed by atoms with E-state index in [4.69, 9.17) is 5.26 Å². The molecule has 4 heterocycles. The summed E-state index contributed by atoms with van der Waals surface area (Å²) in [7, 11) is -3.70. The maximum Gasteiger partial charge on any atom is 0.243 e. The molecule has 11 nitrogen and oxygen atoms in total. The van der Waals surface area contributed by atoms with Crippen molar-refractivity contribution in [3.05, 3.63) is 89.4 Å². The van der Waals surface area contributed by atoms with Gasteiger partial charge in [0.25, 0.3) is 0 Å². The van der Waals surface area contributed by atoms with Crippen LogP contribution >= 0.6 is 0 Å². The van der Waals surface area contributed by atoms with Crippen LogP contribution in [0.4, 0.5) is 28.8 Å². The van der Waals surface area contributed by atoms with Gasteiger partial charge >= 0.3 is 0 Å². The number of nitrogens with zero attached hydrogens (tertiary/aromatic N) is 5. The van der Waals surface area contributed by atoms with E-state index >= 15 is 0 Å². The van der Waals surface area contributed by atoms with Crippen molar-refractivity contribution in [2.45, 2.75) is 43.9 Å². The Kier molecular flexibility index (Phi) is 8.23. The third kappa shape index (κ3) is 6.54. The molecule has 12 heteroatoms. The van der Waals surface area contributed by atoms with Crippen LogP contribution in [0.15, 0.2) is 72.0 Å². The predicted molar refractivity (Wildman–Crippen MR) is 167 cm³/mol. The first kappa shape index (κ1) is 29.2. The van der Waals surface area contributed by atoms with E-state index in [0.717, 1.165) is 40.2 Å². The van der Waals surface area contributed by atoms with E-state index in [1.54, 1.807) is 24.5 Å². The molecular weight excluding hydrogens is 576 g/mol. The summed E-state index contributed by atoms with van der Waals surface area (Å²) in [4.78, 5) is 26.7. The Morgan fingerprint density at radius 1 is 1.05 bits per heavy atom. The van der Waals surface area contributed by atoms with Crippen molar-refractivity contribution in [3.63, 3.8) is 0 Å². The Labute approximate surface area is 256 Å². The minimum absolute atomic E-state index is 0.0640. The van der Waals surface area contributed by atoms with Crippen LogP contribution in [-0.2, 0) is 27.7 Å². The van der Waals surface area contributed by atoms with E-state index < -0.39 is 10.0 Å². The van der Waals surface area contributed by atoms with Gasteiger partial charge in [0, 0.05) is 48.8 Å². The van der Waals surface area contributed by atoms with Gasteiger partial charge in [0.05, 0.1) is 28.4 Å². The fourth-order valence-corrected chi connectivity index (χ4v) is 7.08. The first-order valence-electron chi connectivity index (χ1n) is 14.5. The summed E-state index contributed by atoms with van der Waals surface area (Å²) in [6.07, 6.45) is 8.19. The van der Waals surface area contributed by atoms with Crippen molar-refractivity contribution in [1.29, 1.82) is 5.26 Å². The maximum atomic E-state index is 13.2. The number of rotatable bonds is 5. The van der Waals surface area contributed by atoms with Crippen LogP contribution in [0.5, 0.6) is 0 Å². The zero-order valence-electron chi connectivity index (χ0n) is 24.2. The summed E-state index contributed by atoms with van der Waals surface area (Å²) in [6, 6.07) is 15.9. The van der Waals surface area contributed by atoms with Gasteiger partial charge in [-0.2, -0.15) is 14.6 Å². The second-order valence-electron chi connectivity index (χ2n) is 11.2. The van der Waals surface area contributed by atoms with Crippen LogP contribution in [0, 0.1) is 24.2 Å². The van der Waals surface area contributed by atoms with E-state index in [2.05, 4.69) is 30.9 Å². The lowest BCUT2D eigenvalue weighted by molar-refractivity contribution is -0.117. The van der Waals surface area contributed by atoms with Gasteiger partial charge in [0.1, 0.15) is 5.82 Å². The summed E-state index contributed by atoms with van der Waals surface area (Å²) < 4.78 is 27.7. The SMILES string of the molecule is Cc1cnc2nc1Nc1ccc(NC(=O)CC3CCN(S(=O)(=O)c4cccc(C#N)c4)CC3)c(c1)CCc1cncc(c1)N2. The number of hydrogen-bond donors (Lipinski definition) is 3. The molecule has 0 unspecified atom stereocenters. The molecule has 1 fully saturated rings. The molecule has 3 N–H and O–H groups in total. The van der Waals surface area contributed by atoms with Crippen LogP contribution in [0.1, 0.15) is 41.5 Å². The number of carbonyl (C=O) groups is 1. The van der Waals surface area contributed by atoms with Crippen molar-refractivity contribution < 1.29 is 13.2 Å². The van der Waals surface area contributed by atoms with Crippen molar-refractivity contribution in [2.24, 2.45) is 5.92 Å². The van der Waals surface area contributed by atoms with Crippen molar-refractivity contribution in [1.82, 2.24) is 19.3 Å². The van der Waals surface area contributed by atoms with E-state index in [0.29, 0.717) is 56.1 Å². The number of hydrogen-bond acceptors (Lipinski definition) is 9. The molecule has 0 aliphatic carbocycles. The quantitative estimate of drug-likeness (QED) is 0.282. The highest BCUT2D eigenvalue weighted by Crippen LogP contribution is 2.30. The first-order valence-corrected chi connectivity index (χ1v) is 16.0. The monoisotopic (exact) mass is 608 g/mol. The average Bonchev–Trinajstić information content (AvgIpc) is 3.03. The number of fused-ring (bicyclic) bond motifs is 6. The largest absolute Gasteiger partial charge is 0.340 e. The molecule has 2 aromatic carbocycles. The number of nitriles is 1. The summed E-state index contributed by atoms with van der Waals surface area (Å²) in [5.41, 5.74) is 5.61. The third-order valence-electron chi connectivity index (χ3n) is 8.00. The number of benzene rings is 2. The zero-order chi connectivity index (χ0) is 30.7. The number of pyridine rings is 1. The van der Waals surface area contributed by atoms with Crippen molar-refractivity contribution in [3.8, 4) is 6.07 Å². The fourth-order valence-electron chi connectivity index (χ4n) is 5.56. The highest BCUT2D eigenvalue weighted by atomic mass is 32.2. The molecule has 4 aromatic rings. The van der Waals surface area contributed by atoms with Crippen LogP contribution in [0.25, 0.3) is 0 Å². The highest BCUT2D eigenvalue weighted by Gasteiger charge is 2.30. The average molecular weight is 609 g/mol. The second-order valence-corrected chi connectivity index (χ2v) is 13.1. The predicted octanol–water partition coefficient (Wildman–Crippen LogP) is 5.07. The molecule has 0 spiro atoms. The van der Waals surface area contributed by atoms with E-state index in [1.807, 2.05) is 43.5 Å². The number of aryl methyl sites for hydroxylation is 3. The number of piperidine rings is 1. The Bertz CT molecular complexity index is 1860. The lowest BCUT2D eigenvalue weighted by Gasteiger charge is -2.31. The molecule has 1 saturated heterocycles. The molecule has 224 valence electrons. The first-order chi connectivity index (χ1) is 21.3. The Hall–Kier alpha value is -4.86. The normalized spacial score (nSPS) is 15.4. The van der Waals surface area contributed by atoms with E-state index in [9.17, 15) is 13.2 Å². The highest BCUT2D eigenvalue weighted by molar-refractivity contribution is 7.89. The molecule has 0 radical (unpaired) electrons. The van der Waals surface area contributed by atoms with Gasteiger partial charge in [-0.15, -0.1) is 0 Å². The lowest BCUT2D eigenvalue weighted by atomic mass is 9.94. The second kappa shape index (κ2) is 12.4. The topological polar surface area (TPSA) is 153 Å². The van der Waals surface area contributed by atoms with Crippen LogP contribution in [0.3, 0.4) is 0 Å². The number of aromatic nitrogens is 3. The minimum atomic E-state index is -3.70. The molecule has 2 aliphatic rings. The van der Waals surface area contributed by atoms with Gasteiger partial charge in [-0.1, -0.05) is 6.07 Å². The van der Waals surface area contributed by atoms with Crippen LogP contribution in [0.2, 0.25) is 0 Å². The molecule has 44 heavy (non-hydrogen) atoms. The number of anilines is 5. The molecule has 2 aliphatic heterocycles. The molecule has 0 saturated carbocycles. The zero-order valence-corrected chi connectivity index (χ0v) is 25.1. The van der Waals surface area contributed by atoms with Gasteiger partial charge in [-0.25, -0.2) is 13.4 Å². The van der Waals surface area contributed by atoms with Crippen LogP contribution < -0.4 is 16.0 Å². The Morgan fingerprint density at radius 2 is 1.89 bits per heavy atom. The molecule has 0 atom stereocenters. The van der Waals surface area contributed by atoms with Gasteiger partial charge < -0.3 is 16.0 Å². The molecule has 1 amide bonds. The van der Waals surface area contributed by atoms with E-state index in [-0.39, 0.29) is 16.7 Å². The summed E-state index contributed by atoms with van der Waals surface area (Å²) >= 11 is 0. The number of nitrogens with one attached hydrogen (secondary N) is 3. The molecule has 2 aromatic heterocycles. The molecular formula is C32H32N8O3S. The Morgan fingerprint density at radius 3 is 2.70 bits per heavy atom. The maximum absolute atomic E-state index is 13.2. The van der Waals surface area contributed by atoms with Crippen molar-refractivity contribution >= 4 is 44.8 Å². The van der Waals surface area contributed by atoms with Gasteiger partial charge in [0.15, 0.2) is 0 Å². The number of amides is 1. The fraction of sp³-hybridized carbons (Fsp3) is 0.281. The lowest BCUT2D eigenvalue weighted by Crippen LogP contribution is -2.39. The van der Waals surface area contributed by atoms with Crippen molar-refractivity contribution in [2.75, 3.05) is 29.0 Å². The Balaban J connectivity index is 1.14. The van der Waals surface area contributed by atoms with Gasteiger partial charge in [-0.05, 0) is 92.1 Å².